The van der Waals surface area contributed by atoms with Crippen molar-refractivity contribution in [3.05, 3.63) is 4.13 Å². The Hall–Kier alpha value is -0.930. The van der Waals surface area contributed by atoms with Gasteiger partial charge in [0.1, 0.15) is 6.54 Å². The maximum atomic E-state index is 11.4. The van der Waals surface area contributed by atoms with Crippen LogP contribution in [0.25, 0.3) is 4.13 Å². The minimum Gasteiger partial charge on any atom is -0.421 e. The summed E-state index contributed by atoms with van der Waals surface area (Å²) in [6.45, 7) is 5.57. The van der Waals surface area contributed by atoms with E-state index in [1.807, 2.05) is 6.34 Å². The fourth-order valence-corrected chi connectivity index (χ4v) is 2.76. The molecule has 1 unspecified atom stereocenters. The first kappa shape index (κ1) is 22.1. The summed E-state index contributed by atoms with van der Waals surface area (Å²) in [5.41, 5.74) is -12.4. The van der Waals surface area contributed by atoms with Gasteiger partial charge in [0.25, 0.3) is 0 Å². The maximum Gasteiger partial charge on any atom is 0.480 e. The topological polar surface area (TPSA) is 94.7 Å². The van der Waals surface area contributed by atoms with E-state index in [2.05, 4.69) is 19.0 Å². The van der Waals surface area contributed by atoms with Gasteiger partial charge in [0.15, 0.2) is 26.4 Å². The summed E-state index contributed by atoms with van der Waals surface area (Å²) in [7, 11) is -11.2. The first-order valence-corrected chi connectivity index (χ1v) is 8.57. The lowest BCUT2D eigenvalue weighted by Gasteiger charge is -2.22. The molecule has 0 aromatic heterocycles. The van der Waals surface area contributed by atoms with Crippen molar-refractivity contribution in [2.24, 2.45) is 4.99 Å². The molecule has 1 rings (SSSR count). The average molecular weight is 393 g/mol. The van der Waals surface area contributed by atoms with E-state index in [4.69, 9.17) is 0 Å². The molecule has 0 radical (unpaired) electrons. The summed E-state index contributed by atoms with van der Waals surface area (Å²) in [6, 6.07) is 0. The van der Waals surface area contributed by atoms with E-state index in [0.717, 1.165) is 15.2 Å². The molecule has 0 fully saturated rings. The van der Waals surface area contributed by atoms with Crippen LogP contribution in [0.2, 0.25) is 0 Å². The lowest BCUT2D eigenvalue weighted by molar-refractivity contribution is -0.805. The van der Waals surface area contributed by atoms with Crippen molar-refractivity contribution in [2.45, 2.75) is 17.9 Å². The molecule has 0 saturated carbocycles. The monoisotopic (exact) mass is 393 g/mol. The second kappa shape index (κ2) is 6.90. The third-order valence-corrected chi connectivity index (χ3v) is 5.34. The van der Waals surface area contributed by atoms with Crippen molar-refractivity contribution >= 4 is 26.4 Å². The molecule has 1 aliphatic heterocycles. The number of aliphatic imine (C=N–C) groups is 1. The summed E-state index contributed by atoms with van der Waals surface area (Å²) >= 11 is 0. The van der Waals surface area contributed by atoms with E-state index in [0.29, 0.717) is 0 Å². The zero-order chi connectivity index (χ0) is 18.7. The molecule has 0 N–H and O–H groups in total. The molecule has 0 aromatic rings. The second-order valence-electron chi connectivity index (χ2n) is 4.46. The molecule has 0 bridgehead atoms. The van der Waals surface area contributed by atoms with Crippen LogP contribution in [-0.4, -0.2) is 65.4 Å². The first-order chi connectivity index (χ1) is 9.97. The van der Waals surface area contributed by atoms with E-state index in [1.165, 1.54) is 13.1 Å². The molecule has 0 spiro atoms. The summed E-state index contributed by atoms with van der Waals surface area (Å²) in [6.07, 6.45) is 2.04. The Labute approximate surface area is 128 Å². The van der Waals surface area contributed by atoms with E-state index in [1.54, 1.807) is 0 Å². The standard InChI is InChI=1S/C6H13N2.C2F6NO4S2/c1-3-8(2)5-4-7-6-8;3-1(4,5)14(10,11)9-15(12,13)2(6,7)8/h6H,3-5H2,1-2H3;/q+1;-1. The molecule has 1 aliphatic rings. The Bertz CT molecular complexity index is 598. The van der Waals surface area contributed by atoms with Gasteiger partial charge in [0, 0.05) is 0 Å². The minimum atomic E-state index is -6.72. The zero-order valence-corrected chi connectivity index (χ0v) is 13.4. The zero-order valence-electron chi connectivity index (χ0n) is 11.8. The van der Waals surface area contributed by atoms with Crippen LogP contribution in [0.4, 0.5) is 26.3 Å². The highest BCUT2D eigenvalue weighted by Crippen LogP contribution is 2.36. The predicted molar refractivity (Wildman–Crippen MR) is 68.3 cm³/mol. The largest absolute Gasteiger partial charge is 0.480 e. The van der Waals surface area contributed by atoms with Gasteiger partial charge >= 0.3 is 11.0 Å². The molecule has 23 heavy (non-hydrogen) atoms. The van der Waals surface area contributed by atoms with Crippen LogP contribution >= 0.6 is 0 Å². The second-order valence-corrected chi connectivity index (χ2v) is 7.88. The van der Waals surface area contributed by atoms with Crippen LogP contribution in [0.5, 0.6) is 0 Å². The highest BCUT2D eigenvalue weighted by Gasteiger charge is 2.46. The molecule has 1 heterocycles. The fraction of sp³-hybridized carbons (Fsp3) is 0.875. The Morgan fingerprint density at radius 2 is 1.43 bits per heavy atom. The number of alkyl halides is 6. The van der Waals surface area contributed by atoms with E-state index >= 15 is 0 Å². The van der Waals surface area contributed by atoms with E-state index in [-0.39, 0.29) is 0 Å². The van der Waals surface area contributed by atoms with Crippen LogP contribution in [0.3, 0.4) is 0 Å². The number of quaternary nitrogens is 1. The van der Waals surface area contributed by atoms with Gasteiger partial charge in [-0.25, -0.2) is 21.8 Å². The van der Waals surface area contributed by atoms with Crippen molar-refractivity contribution in [3.63, 3.8) is 0 Å². The fourth-order valence-electron chi connectivity index (χ4n) is 1.05. The number of halogens is 6. The van der Waals surface area contributed by atoms with E-state index < -0.39 is 31.1 Å². The molecule has 0 saturated heterocycles. The van der Waals surface area contributed by atoms with Gasteiger partial charge in [-0.05, 0) is 6.92 Å². The summed E-state index contributed by atoms with van der Waals surface area (Å²) in [5, 5.41) is 0. The molecular weight excluding hydrogens is 380 g/mol. The predicted octanol–water partition coefficient (Wildman–Crippen LogP) is 1.55. The summed E-state index contributed by atoms with van der Waals surface area (Å²) in [4.78, 5) is 4.15. The Morgan fingerprint density at radius 1 is 1.04 bits per heavy atom. The van der Waals surface area contributed by atoms with Gasteiger partial charge < -0.3 is 4.13 Å². The molecule has 0 aliphatic carbocycles. The van der Waals surface area contributed by atoms with Crippen molar-refractivity contribution in [1.82, 2.24) is 0 Å². The first-order valence-electron chi connectivity index (χ1n) is 5.69. The molecule has 1 atom stereocenters. The number of rotatable bonds is 3. The van der Waals surface area contributed by atoms with Gasteiger partial charge in [-0.15, -0.1) is 0 Å². The third kappa shape index (κ3) is 6.23. The van der Waals surface area contributed by atoms with Crippen LogP contribution in [-0.2, 0) is 20.0 Å². The number of nitrogens with zero attached hydrogens (tertiary/aromatic N) is 3. The van der Waals surface area contributed by atoms with E-state index in [9.17, 15) is 43.2 Å². The molecule has 138 valence electrons. The van der Waals surface area contributed by atoms with Gasteiger partial charge in [-0.2, -0.15) is 26.3 Å². The molecule has 0 amide bonds. The maximum absolute atomic E-state index is 11.4. The highest BCUT2D eigenvalue weighted by atomic mass is 32.3. The quantitative estimate of drug-likeness (QED) is 0.537. The number of hydrogen-bond acceptors (Lipinski definition) is 5. The molecule has 0 aromatic carbocycles. The normalized spacial score (nSPS) is 22.6. The highest BCUT2D eigenvalue weighted by molar-refractivity contribution is 8.13. The van der Waals surface area contributed by atoms with Crippen LogP contribution in [0.15, 0.2) is 4.99 Å². The van der Waals surface area contributed by atoms with Crippen molar-refractivity contribution < 1.29 is 47.7 Å². The minimum absolute atomic E-state index is 0.778. The van der Waals surface area contributed by atoms with Gasteiger partial charge in [0.05, 0.1) is 20.1 Å². The Balaban J connectivity index is 0.000000502. The Kier molecular flexibility index (Phi) is 6.62. The molecular formula is C8H13F6N3O4S2. The van der Waals surface area contributed by atoms with Crippen molar-refractivity contribution in [1.29, 1.82) is 0 Å². The lowest BCUT2D eigenvalue weighted by atomic mass is 10.5. The summed E-state index contributed by atoms with van der Waals surface area (Å²) in [5.74, 6) is 0. The molecule has 7 nitrogen and oxygen atoms in total. The van der Waals surface area contributed by atoms with Gasteiger partial charge in [-0.3, -0.25) is 4.48 Å². The SMILES string of the molecule is CC[N+]1(C)C=NCC1.O=S(=O)([N-]S(=O)(=O)C(F)(F)F)C(F)(F)F. The van der Waals surface area contributed by atoms with Crippen molar-refractivity contribution in [3.8, 4) is 0 Å². The Morgan fingerprint density at radius 3 is 1.61 bits per heavy atom. The number of sulfonamides is 2. The summed E-state index contributed by atoms with van der Waals surface area (Å²) < 4.78 is 110. The van der Waals surface area contributed by atoms with Gasteiger partial charge in [0.2, 0.25) is 0 Å². The van der Waals surface area contributed by atoms with Crippen molar-refractivity contribution in [2.75, 3.05) is 26.7 Å². The van der Waals surface area contributed by atoms with Crippen LogP contribution in [0, 0.1) is 0 Å². The van der Waals surface area contributed by atoms with Crippen LogP contribution in [0.1, 0.15) is 6.92 Å². The number of hydrogen-bond donors (Lipinski definition) is 0. The smallest absolute Gasteiger partial charge is 0.421 e. The average Bonchev–Trinajstić information content (AvgIpc) is 2.73. The lowest BCUT2D eigenvalue weighted by Crippen LogP contribution is -2.40. The molecule has 15 heteroatoms. The van der Waals surface area contributed by atoms with Crippen LogP contribution < -0.4 is 0 Å². The number of likely N-dealkylation sites (N-methyl/N-ethyl adjacent to an activating group) is 1. The third-order valence-electron chi connectivity index (χ3n) is 2.60. The van der Waals surface area contributed by atoms with Gasteiger partial charge in [-0.1, -0.05) is 0 Å².